The minimum atomic E-state index is -0.953. The quantitative estimate of drug-likeness (QED) is 0.814. The molecule has 0 saturated heterocycles. The number of nitrogens with zero attached hydrogens (tertiary/aromatic N) is 1. The first-order chi connectivity index (χ1) is 9.04. The molecule has 102 valence electrons. The fourth-order valence-electron chi connectivity index (χ4n) is 1.88. The monoisotopic (exact) mass is 266 g/mol. The average Bonchev–Trinajstić information content (AvgIpc) is 3.10. The summed E-state index contributed by atoms with van der Waals surface area (Å²) in [5.74, 6) is -1.72. The molecule has 1 aromatic rings. The van der Waals surface area contributed by atoms with Gasteiger partial charge >= 0.3 is 5.97 Å². The summed E-state index contributed by atoms with van der Waals surface area (Å²) >= 11 is 0. The summed E-state index contributed by atoms with van der Waals surface area (Å²) < 4.78 is 13.0. The number of aliphatic carboxylic acids is 1. The molecule has 0 heterocycles. The van der Waals surface area contributed by atoms with Gasteiger partial charge in [-0.1, -0.05) is 6.07 Å². The molecule has 19 heavy (non-hydrogen) atoms. The highest BCUT2D eigenvalue weighted by Crippen LogP contribution is 2.26. The Bertz CT molecular complexity index is 489. The number of carbonyl (C=O) groups excluding carboxylic acids is 1. The van der Waals surface area contributed by atoms with Gasteiger partial charge in [0.2, 0.25) is 5.91 Å². The van der Waals surface area contributed by atoms with Gasteiger partial charge in [0.25, 0.3) is 0 Å². The molecule has 1 aromatic carbocycles. The molecule has 1 saturated carbocycles. The zero-order chi connectivity index (χ0) is 13.8. The summed E-state index contributed by atoms with van der Waals surface area (Å²) in [6.45, 7) is -0.144. The molecule has 1 fully saturated rings. The van der Waals surface area contributed by atoms with Crippen LogP contribution in [0.2, 0.25) is 0 Å². The molecule has 1 amide bonds. The maximum Gasteiger partial charge on any atom is 0.317 e. The van der Waals surface area contributed by atoms with Crippen LogP contribution < -0.4 is 5.32 Å². The van der Waals surface area contributed by atoms with Crippen molar-refractivity contribution in [2.75, 3.05) is 18.4 Å². The number of amides is 1. The van der Waals surface area contributed by atoms with Crippen LogP contribution in [0.5, 0.6) is 0 Å². The van der Waals surface area contributed by atoms with Crippen LogP contribution in [0.25, 0.3) is 0 Å². The summed E-state index contributed by atoms with van der Waals surface area (Å²) in [7, 11) is 0. The van der Waals surface area contributed by atoms with Crippen LogP contribution in [0.3, 0.4) is 0 Å². The predicted octanol–water partition coefficient (Wildman–Crippen LogP) is 1.31. The highest BCUT2D eigenvalue weighted by Gasteiger charge is 2.31. The van der Waals surface area contributed by atoms with Crippen LogP contribution in [0.4, 0.5) is 10.1 Å². The van der Waals surface area contributed by atoms with E-state index in [0.29, 0.717) is 5.69 Å². The van der Waals surface area contributed by atoms with E-state index in [1.54, 1.807) is 11.0 Å². The molecule has 1 aliphatic rings. The molecular formula is C13H15FN2O3. The molecule has 0 atom stereocenters. The smallest absolute Gasteiger partial charge is 0.317 e. The van der Waals surface area contributed by atoms with Gasteiger partial charge in [0.05, 0.1) is 13.1 Å². The maximum absolute atomic E-state index is 13.0. The fourth-order valence-corrected chi connectivity index (χ4v) is 1.88. The minimum absolute atomic E-state index is 0.00742. The number of hydrogen-bond donors (Lipinski definition) is 2. The number of carboxylic acid groups (broad SMARTS) is 1. The Morgan fingerprint density at radius 3 is 2.68 bits per heavy atom. The number of hydrogen-bond acceptors (Lipinski definition) is 3. The van der Waals surface area contributed by atoms with Gasteiger partial charge in [-0.05, 0) is 31.0 Å². The largest absolute Gasteiger partial charge is 0.480 e. The van der Waals surface area contributed by atoms with Gasteiger partial charge in [-0.3, -0.25) is 14.5 Å². The van der Waals surface area contributed by atoms with Crippen LogP contribution in [0, 0.1) is 5.82 Å². The Kier molecular flexibility index (Phi) is 4.11. The molecule has 6 heteroatoms. The first kappa shape index (κ1) is 13.5. The second-order valence-corrected chi connectivity index (χ2v) is 4.59. The highest BCUT2D eigenvalue weighted by molar-refractivity contribution is 5.92. The molecule has 0 aromatic heterocycles. The Labute approximate surface area is 110 Å². The van der Waals surface area contributed by atoms with Crippen molar-refractivity contribution < 1.29 is 19.1 Å². The van der Waals surface area contributed by atoms with Crippen molar-refractivity contribution >= 4 is 17.6 Å². The summed E-state index contributed by atoms with van der Waals surface area (Å²) in [4.78, 5) is 24.1. The minimum Gasteiger partial charge on any atom is -0.480 e. The highest BCUT2D eigenvalue weighted by atomic mass is 19.1. The summed E-state index contributed by atoms with van der Waals surface area (Å²) in [6, 6.07) is 5.77. The second kappa shape index (κ2) is 5.79. The van der Waals surface area contributed by atoms with Gasteiger partial charge in [0, 0.05) is 11.7 Å². The molecule has 5 nitrogen and oxygen atoms in total. The lowest BCUT2D eigenvalue weighted by molar-refractivity contribution is -0.138. The van der Waals surface area contributed by atoms with E-state index in [1.807, 2.05) is 0 Å². The summed E-state index contributed by atoms with van der Waals surface area (Å²) in [5, 5.41) is 11.3. The topological polar surface area (TPSA) is 69.6 Å². The number of carboxylic acids is 1. The van der Waals surface area contributed by atoms with E-state index >= 15 is 0 Å². The zero-order valence-corrected chi connectivity index (χ0v) is 10.3. The predicted molar refractivity (Wildman–Crippen MR) is 67.3 cm³/mol. The Morgan fingerprint density at radius 2 is 2.11 bits per heavy atom. The van der Waals surface area contributed by atoms with Crippen LogP contribution in [-0.2, 0) is 9.59 Å². The van der Waals surface area contributed by atoms with Crippen LogP contribution in [-0.4, -0.2) is 41.0 Å². The molecule has 0 aliphatic heterocycles. The van der Waals surface area contributed by atoms with E-state index in [-0.39, 0.29) is 25.0 Å². The van der Waals surface area contributed by atoms with E-state index in [4.69, 9.17) is 5.11 Å². The zero-order valence-electron chi connectivity index (χ0n) is 10.3. The van der Waals surface area contributed by atoms with E-state index < -0.39 is 11.8 Å². The lowest BCUT2D eigenvalue weighted by atomic mass is 10.3. The van der Waals surface area contributed by atoms with E-state index in [0.717, 1.165) is 12.8 Å². The molecule has 0 unspecified atom stereocenters. The van der Waals surface area contributed by atoms with Gasteiger partial charge in [-0.15, -0.1) is 0 Å². The molecule has 0 spiro atoms. The van der Waals surface area contributed by atoms with Crippen molar-refractivity contribution in [2.45, 2.75) is 18.9 Å². The van der Waals surface area contributed by atoms with Gasteiger partial charge in [0.1, 0.15) is 5.82 Å². The normalized spacial score (nSPS) is 14.4. The van der Waals surface area contributed by atoms with Crippen molar-refractivity contribution in [2.24, 2.45) is 0 Å². The van der Waals surface area contributed by atoms with Gasteiger partial charge in [-0.2, -0.15) is 0 Å². The number of benzene rings is 1. The molecule has 2 N–H and O–H groups in total. The van der Waals surface area contributed by atoms with E-state index in [1.165, 1.54) is 18.2 Å². The number of nitrogens with one attached hydrogen (secondary N) is 1. The second-order valence-electron chi connectivity index (χ2n) is 4.59. The van der Waals surface area contributed by atoms with Crippen molar-refractivity contribution in [1.29, 1.82) is 0 Å². The van der Waals surface area contributed by atoms with Crippen molar-refractivity contribution in [3.05, 3.63) is 30.1 Å². The third-order valence-corrected chi connectivity index (χ3v) is 2.86. The summed E-state index contributed by atoms with van der Waals surface area (Å²) in [5.41, 5.74) is 0.371. The third-order valence-electron chi connectivity index (χ3n) is 2.86. The lowest BCUT2D eigenvalue weighted by Gasteiger charge is -2.18. The molecule has 0 bridgehead atoms. The van der Waals surface area contributed by atoms with Crippen molar-refractivity contribution in [3.63, 3.8) is 0 Å². The van der Waals surface area contributed by atoms with E-state index in [9.17, 15) is 14.0 Å². The fraction of sp³-hybridized carbons (Fsp3) is 0.385. The lowest BCUT2D eigenvalue weighted by Crippen LogP contribution is -2.38. The molecule has 0 radical (unpaired) electrons. The van der Waals surface area contributed by atoms with Gasteiger partial charge in [-0.25, -0.2) is 4.39 Å². The third kappa shape index (κ3) is 4.33. The Morgan fingerprint density at radius 1 is 1.37 bits per heavy atom. The maximum atomic E-state index is 13.0. The standard InChI is InChI=1S/C13H15FN2O3/c14-9-2-1-3-10(6-9)15-12(17)7-16(8-13(18)19)11-4-5-11/h1-3,6,11H,4-5,7-8H2,(H,15,17)(H,18,19). The molecule has 2 rings (SSSR count). The van der Waals surface area contributed by atoms with Crippen molar-refractivity contribution in [3.8, 4) is 0 Å². The van der Waals surface area contributed by atoms with Crippen molar-refractivity contribution in [1.82, 2.24) is 4.90 Å². The average molecular weight is 266 g/mol. The van der Waals surface area contributed by atoms with Crippen LogP contribution in [0.15, 0.2) is 24.3 Å². The first-order valence-corrected chi connectivity index (χ1v) is 6.06. The SMILES string of the molecule is O=C(O)CN(CC(=O)Nc1cccc(F)c1)C1CC1. The number of carbonyl (C=O) groups is 2. The summed E-state index contributed by atoms with van der Waals surface area (Å²) in [6.07, 6.45) is 1.83. The Balaban J connectivity index is 1.90. The van der Waals surface area contributed by atoms with Gasteiger partial charge < -0.3 is 10.4 Å². The number of halogens is 1. The van der Waals surface area contributed by atoms with Crippen LogP contribution >= 0.6 is 0 Å². The first-order valence-electron chi connectivity index (χ1n) is 6.06. The van der Waals surface area contributed by atoms with Crippen LogP contribution in [0.1, 0.15) is 12.8 Å². The van der Waals surface area contributed by atoms with E-state index in [2.05, 4.69) is 5.32 Å². The molecule has 1 aliphatic carbocycles. The van der Waals surface area contributed by atoms with Gasteiger partial charge in [0.15, 0.2) is 0 Å². The Hall–Kier alpha value is -1.95. The molecular weight excluding hydrogens is 251 g/mol. The number of anilines is 1. The number of rotatable bonds is 6.